The molecule has 1 atom stereocenters. The number of alkyl carbamates (subject to hydrolysis) is 1. The lowest BCUT2D eigenvalue weighted by molar-refractivity contribution is -0.123. The molecule has 0 bridgehead atoms. The average Bonchev–Trinajstić information content (AvgIpc) is 2.63. The van der Waals surface area contributed by atoms with Gasteiger partial charge < -0.3 is 20.1 Å². The first-order valence-electron chi connectivity index (χ1n) is 6.08. The fourth-order valence-corrected chi connectivity index (χ4v) is 1.66. The van der Waals surface area contributed by atoms with Crippen LogP contribution in [0.25, 0.3) is 0 Å². The van der Waals surface area contributed by atoms with Crippen molar-refractivity contribution in [1.82, 2.24) is 10.6 Å². The van der Waals surface area contributed by atoms with Crippen molar-refractivity contribution in [1.29, 1.82) is 0 Å². The summed E-state index contributed by atoms with van der Waals surface area (Å²) in [6.07, 6.45) is -0.630. The molecule has 1 heterocycles. The molecule has 0 spiro atoms. The van der Waals surface area contributed by atoms with E-state index in [1.165, 1.54) is 0 Å². The first-order valence-corrected chi connectivity index (χ1v) is 6.08. The fraction of sp³-hybridized carbons (Fsp3) is 0.385. The van der Waals surface area contributed by atoms with Crippen molar-refractivity contribution in [3.8, 4) is 0 Å². The van der Waals surface area contributed by atoms with E-state index in [4.69, 9.17) is 9.47 Å². The highest BCUT2D eigenvalue weighted by Gasteiger charge is 2.23. The van der Waals surface area contributed by atoms with Gasteiger partial charge in [0.05, 0.1) is 13.2 Å². The second-order valence-electron chi connectivity index (χ2n) is 4.12. The minimum absolute atomic E-state index is 0.159. The summed E-state index contributed by atoms with van der Waals surface area (Å²) in [5.74, 6) is -0.255. The van der Waals surface area contributed by atoms with Crippen LogP contribution in [0.3, 0.4) is 0 Å². The van der Waals surface area contributed by atoms with Crippen molar-refractivity contribution in [2.24, 2.45) is 0 Å². The lowest BCUT2D eigenvalue weighted by Gasteiger charge is -2.14. The molecule has 2 N–H and O–H groups in total. The largest absolute Gasteiger partial charge is 0.445 e. The maximum Gasteiger partial charge on any atom is 0.408 e. The Kier molecular flexibility index (Phi) is 4.74. The second kappa shape index (κ2) is 6.75. The van der Waals surface area contributed by atoms with Gasteiger partial charge in [0.15, 0.2) is 0 Å². The Morgan fingerprint density at radius 1 is 1.42 bits per heavy atom. The van der Waals surface area contributed by atoms with Crippen LogP contribution in [0.2, 0.25) is 0 Å². The molecule has 1 fully saturated rings. The molecule has 1 aliphatic rings. The molecule has 2 amide bonds. The van der Waals surface area contributed by atoms with Gasteiger partial charge in [0, 0.05) is 6.54 Å². The molecule has 0 unspecified atom stereocenters. The van der Waals surface area contributed by atoms with Crippen LogP contribution in [0.5, 0.6) is 0 Å². The van der Waals surface area contributed by atoms with Gasteiger partial charge in [-0.3, -0.25) is 4.79 Å². The van der Waals surface area contributed by atoms with Crippen LogP contribution < -0.4 is 10.6 Å². The number of ether oxygens (including phenoxy) is 2. The summed E-state index contributed by atoms with van der Waals surface area (Å²) in [5, 5.41) is 5.12. The minimum atomic E-state index is -0.703. The molecular weight excluding hydrogens is 248 g/mol. The van der Waals surface area contributed by atoms with Crippen molar-refractivity contribution in [2.45, 2.75) is 12.6 Å². The summed E-state index contributed by atoms with van der Waals surface area (Å²) in [6.45, 7) is 1.23. The normalized spacial score (nSPS) is 19.2. The number of hydrogen-bond acceptors (Lipinski definition) is 4. The van der Waals surface area contributed by atoms with E-state index < -0.39 is 12.1 Å². The lowest BCUT2D eigenvalue weighted by atomic mass is 10.2. The standard InChI is InChI=1S/C13H16N2O4/c16-12-11(9-18-7-6-14-12)15-13(17)19-8-10-4-2-1-3-5-10/h1-5,11H,6-9H2,(H,14,16)(H,15,17)/t11-/m0/s1. The van der Waals surface area contributed by atoms with Crippen LogP contribution >= 0.6 is 0 Å². The first kappa shape index (κ1) is 13.4. The van der Waals surface area contributed by atoms with Gasteiger partial charge in [0.2, 0.25) is 5.91 Å². The zero-order chi connectivity index (χ0) is 13.5. The van der Waals surface area contributed by atoms with E-state index >= 15 is 0 Å². The summed E-state index contributed by atoms with van der Waals surface area (Å²) in [5.41, 5.74) is 0.888. The number of benzene rings is 1. The maximum absolute atomic E-state index is 11.6. The molecule has 6 nitrogen and oxygen atoms in total. The Balaban J connectivity index is 1.79. The van der Waals surface area contributed by atoms with E-state index in [-0.39, 0.29) is 19.1 Å². The molecule has 0 aromatic heterocycles. The molecular formula is C13H16N2O4. The van der Waals surface area contributed by atoms with E-state index in [2.05, 4.69) is 10.6 Å². The summed E-state index contributed by atoms with van der Waals surface area (Å²) < 4.78 is 10.2. The van der Waals surface area contributed by atoms with E-state index in [1.54, 1.807) is 0 Å². The average molecular weight is 264 g/mol. The predicted octanol–water partition coefficient (Wildman–Crippen LogP) is 0.428. The van der Waals surface area contributed by atoms with E-state index in [9.17, 15) is 9.59 Å². The predicted molar refractivity (Wildman–Crippen MR) is 67.4 cm³/mol. The van der Waals surface area contributed by atoms with Gasteiger partial charge in [-0.05, 0) is 5.56 Å². The monoisotopic (exact) mass is 264 g/mol. The van der Waals surface area contributed by atoms with Gasteiger partial charge in [0.25, 0.3) is 0 Å². The molecule has 19 heavy (non-hydrogen) atoms. The van der Waals surface area contributed by atoms with Gasteiger partial charge in [0.1, 0.15) is 12.6 Å². The Morgan fingerprint density at radius 3 is 3.00 bits per heavy atom. The Hall–Kier alpha value is -2.08. The van der Waals surface area contributed by atoms with Crippen molar-refractivity contribution >= 4 is 12.0 Å². The number of hydrogen-bond donors (Lipinski definition) is 2. The Labute approximate surface area is 111 Å². The Morgan fingerprint density at radius 2 is 2.21 bits per heavy atom. The van der Waals surface area contributed by atoms with Gasteiger partial charge in [-0.15, -0.1) is 0 Å². The van der Waals surface area contributed by atoms with Crippen LogP contribution in [0, 0.1) is 0 Å². The highest BCUT2D eigenvalue weighted by atomic mass is 16.5. The number of amides is 2. The topological polar surface area (TPSA) is 76.7 Å². The van der Waals surface area contributed by atoms with Gasteiger partial charge in [-0.1, -0.05) is 30.3 Å². The first-order chi connectivity index (χ1) is 9.25. The molecule has 0 aliphatic carbocycles. The molecule has 6 heteroatoms. The van der Waals surface area contributed by atoms with Crippen LogP contribution in [-0.4, -0.2) is 37.8 Å². The van der Waals surface area contributed by atoms with Gasteiger partial charge >= 0.3 is 6.09 Å². The van der Waals surface area contributed by atoms with E-state index in [1.807, 2.05) is 30.3 Å². The minimum Gasteiger partial charge on any atom is -0.445 e. The Bertz CT molecular complexity index is 436. The molecule has 0 saturated carbocycles. The third-order valence-electron chi connectivity index (χ3n) is 2.65. The fourth-order valence-electron chi connectivity index (χ4n) is 1.66. The molecule has 1 aromatic carbocycles. The van der Waals surface area contributed by atoms with Crippen molar-refractivity contribution in [2.75, 3.05) is 19.8 Å². The number of carbonyl (C=O) groups is 2. The molecule has 1 aromatic rings. The summed E-state index contributed by atoms with van der Waals surface area (Å²) >= 11 is 0. The third-order valence-corrected chi connectivity index (χ3v) is 2.65. The molecule has 0 radical (unpaired) electrons. The van der Waals surface area contributed by atoms with Crippen LogP contribution in [0.15, 0.2) is 30.3 Å². The van der Waals surface area contributed by atoms with Crippen LogP contribution in [0.4, 0.5) is 4.79 Å². The molecule has 1 saturated heterocycles. The SMILES string of the molecule is O=C(N[C@H]1COCCNC1=O)OCc1ccccc1. The molecule has 2 rings (SSSR count). The zero-order valence-electron chi connectivity index (χ0n) is 10.4. The van der Waals surface area contributed by atoms with E-state index in [0.29, 0.717) is 13.2 Å². The highest BCUT2D eigenvalue weighted by Crippen LogP contribution is 2.01. The highest BCUT2D eigenvalue weighted by molar-refractivity contribution is 5.85. The van der Waals surface area contributed by atoms with Crippen molar-refractivity contribution in [3.05, 3.63) is 35.9 Å². The van der Waals surface area contributed by atoms with Gasteiger partial charge in [-0.25, -0.2) is 4.79 Å². The summed E-state index contributed by atoms with van der Waals surface area (Å²) in [4.78, 5) is 23.1. The smallest absolute Gasteiger partial charge is 0.408 e. The molecule has 102 valence electrons. The van der Waals surface area contributed by atoms with Crippen molar-refractivity contribution in [3.63, 3.8) is 0 Å². The number of nitrogens with one attached hydrogen (secondary N) is 2. The van der Waals surface area contributed by atoms with Crippen LogP contribution in [-0.2, 0) is 20.9 Å². The number of rotatable bonds is 3. The lowest BCUT2D eigenvalue weighted by Crippen LogP contribution is -2.47. The summed E-state index contributed by atoms with van der Waals surface area (Å²) in [6, 6.07) is 8.62. The number of carbonyl (C=O) groups excluding carboxylic acids is 2. The molecule has 1 aliphatic heterocycles. The third kappa shape index (κ3) is 4.26. The summed E-state index contributed by atoms with van der Waals surface area (Å²) in [7, 11) is 0. The zero-order valence-corrected chi connectivity index (χ0v) is 10.4. The van der Waals surface area contributed by atoms with Gasteiger partial charge in [-0.2, -0.15) is 0 Å². The quantitative estimate of drug-likeness (QED) is 0.830. The second-order valence-corrected chi connectivity index (χ2v) is 4.12. The maximum atomic E-state index is 11.6. The van der Waals surface area contributed by atoms with Crippen molar-refractivity contribution < 1.29 is 19.1 Å². The van der Waals surface area contributed by atoms with Crippen LogP contribution in [0.1, 0.15) is 5.56 Å². The van der Waals surface area contributed by atoms with E-state index in [0.717, 1.165) is 5.56 Å².